The fourth-order valence-electron chi connectivity index (χ4n) is 6.64. The number of aromatic hydroxyl groups is 1. The number of halogens is 3. The molecular weight excluding hydrogens is 552 g/mol. The smallest absolute Gasteiger partial charge is 0.157 e. The zero-order valence-corrected chi connectivity index (χ0v) is 23.6. The van der Waals surface area contributed by atoms with E-state index in [4.69, 9.17) is 33.2 Å². The molecule has 3 aliphatic heterocycles. The van der Waals surface area contributed by atoms with Crippen molar-refractivity contribution < 1.29 is 9.50 Å². The van der Waals surface area contributed by atoms with Crippen LogP contribution in [0, 0.1) is 23.1 Å². The van der Waals surface area contributed by atoms with Crippen molar-refractivity contribution >= 4 is 51.0 Å². The van der Waals surface area contributed by atoms with Crippen LogP contribution < -0.4 is 10.2 Å². The van der Waals surface area contributed by atoms with E-state index in [1.54, 1.807) is 0 Å². The molecule has 11 heteroatoms. The summed E-state index contributed by atoms with van der Waals surface area (Å²) in [5.41, 5.74) is 2.57. The number of phenolic OH excluding ortho intramolecular Hbond substituents is 1. The van der Waals surface area contributed by atoms with Crippen molar-refractivity contribution in [1.29, 1.82) is 5.26 Å². The highest BCUT2D eigenvalue weighted by Crippen LogP contribution is 2.49. The number of benzene rings is 2. The van der Waals surface area contributed by atoms with Crippen molar-refractivity contribution in [2.75, 3.05) is 38.6 Å². The van der Waals surface area contributed by atoms with Gasteiger partial charge < -0.3 is 24.8 Å². The van der Waals surface area contributed by atoms with E-state index in [2.05, 4.69) is 39.8 Å². The maximum Gasteiger partial charge on any atom is 0.157 e. The van der Waals surface area contributed by atoms with Crippen molar-refractivity contribution in [3.63, 3.8) is 0 Å². The summed E-state index contributed by atoms with van der Waals surface area (Å²) in [6.07, 6.45) is 3.43. The van der Waals surface area contributed by atoms with Crippen molar-refractivity contribution in [2.45, 2.75) is 37.4 Å². The zero-order valence-electron chi connectivity index (χ0n) is 22.1. The fraction of sp³-hybridized carbons (Fsp3) is 0.414. The summed E-state index contributed by atoms with van der Waals surface area (Å²) in [5.74, 6) is 0.363. The largest absolute Gasteiger partial charge is 0.507 e. The second-order valence-corrected chi connectivity index (χ2v) is 12.1. The molecule has 5 heterocycles. The summed E-state index contributed by atoms with van der Waals surface area (Å²) < 4.78 is 19.1. The number of nitrogens with zero attached hydrogens (tertiary/aromatic N) is 6. The Bertz CT molecular complexity index is 1710. The number of nitrogens with one attached hydrogen (secondary N) is 1. The second kappa shape index (κ2) is 9.45. The molecule has 2 aromatic carbocycles. The number of rotatable bonds is 6. The average Bonchev–Trinajstić information content (AvgIpc) is 3.63. The quantitative estimate of drug-likeness (QED) is 0.326. The summed E-state index contributed by atoms with van der Waals surface area (Å²) in [4.78, 5) is 14.1. The standard InChI is InChI=1S/C29H28Cl2FN7O/c1-37(2)16-11-38(12-16)29-26-28(39(13-35-26)27-15-9-19(27)34-10-15)17-8-14(4-3-7-33)21(24(32)25(17)36-29)22-20(40)6-5-18(30)23(22)31/h5-6,8,13,15-16,19,27,34,40H,3-4,9-12H2,1-2H3. The first-order chi connectivity index (χ1) is 19.3. The van der Waals surface area contributed by atoms with Gasteiger partial charge in [-0.2, -0.15) is 5.26 Å². The van der Waals surface area contributed by atoms with Crippen molar-refractivity contribution in [1.82, 2.24) is 24.8 Å². The van der Waals surface area contributed by atoms with Gasteiger partial charge in [-0.1, -0.05) is 23.2 Å². The lowest BCUT2D eigenvalue weighted by molar-refractivity contribution is 0.225. The van der Waals surface area contributed by atoms with Gasteiger partial charge in [0.15, 0.2) is 11.6 Å². The van der Waals surface area contributed by atoms with Gasteiger partial charge in [-0.3, -0.25) is 0 Å². The molecule has 3 atom stereocenters. The van der Waals surface area contributed by atoms with Gasteiger partial charge in [-0.05, 0) is 56.6 Å². The topological polar surface area (TPSA) is 93.2 Å². The highest BCUT2D eigenvalue weighted by Gasteiger charge is 2.48. The lowest BCUT2D eigenvalue weighted by Crippen LogP contribution is -2.57. The van der Waals surface area contributed by atoms with Crippen molar-refractivity contribution in [2.24, 2.45) is 5.92 Å². The normalized spacial score (nSPS) is 22.2. The Labute approximate surface area is 240 Å². The van der Waals surface area contributed by atoms with Gasteiger partial charge in [0.2, 0.25) is 0 Å². The van der Waals surface area contributed by atoms with Crippen LogP contribution in [0.1, 0.15) is 24.4 Å². The molecular formula is C29H28Cl2FN7O. The molecule has 0 amide bonds. The molecule has 0 spiro atoms. The molecule has 40 heavy (non-hydrogen) atoms. The molecule has 2 N–H and O–H groups in total. The number of aryl methyl sites for hydroxylation is 1. The zero-order chi connectivity index (χ0) is 27.9. The molecule has 8 nitrogen and oxygen atoms in total. The molecule has 4 fully saturated rings. The lowest BCUT2D eigenvalue weighted by Gasteiger charge is -2.43. The molecule has 3 unspecified atom stereocenters. The van der Waals surface area contributed by atoms with Gasteiger partial charge in [0.25, 0.3) is 0 Å². The first-order valence-corrected chi connectivity index (χ1v) is 14.2. The van der Waals surface area contributed by atoms with Crippen molar-refractivity contribution in [3.05, 3.63) is 46.0 Å². The number of pyridine rings is 1. The number of aromatic nitrogens is 3. The fourth-order valence-corrected chi connectivity index (χ4v) is 7.05. The number of hydrogen-bond donors (Lipinski definition) is 2. The van der Waals surface area contributed by atoms with Gasteiger partial charge in [0, 0.05) is 54.7 Å². The van der Waals surface area contributed by atoms with Crippen LogP contribution in [0.5, 0.6) is 5.75 Å². The minimum absolute atomic E-state index is 0.0538. The van der Waals surface area contributed by atoms with E-state index in [1.807, 2.05) is 12.4 Å². The minimum Gasteiger partial charge on any atom is -0.507 e. The number of phenols is 1. The monoisotopic (exact) mass is 579 g/mol. The number of fused-ring (bicyclic) bond motifs is 4. The first-order valence-electron chi connectivity index (χ1n) is 13.5. The molecule has 2 aromatic heterocycles. The predicted octanol–water partition coefficient (Wildman–Crippen LogP) is 5.14. The molecule has 8 rings (SSSR count). The summed E-state index contributed by atoms with van der Waals surface area (Å²) in [6.45, 7) is 2.48. The Kier molecular flexibility index (Phi) is 6.09. The van der Waals surface area contributed by atoms with Gasteiger partial charge in [0.05, 0.1) is 34.0 Å². The van der Waals surface area contributed by atoms with Gasteiger partial charge in [0.1, 0.15) is 16.8 Å². The van der Waals surface area contributed by atoms with Crippen LogP contribution >= 0.6 is 23.2 Å². The highest BCUT2D eigenvalue weighted by molar-refractivity contribution is 6.44. The van der Waals surface area contributed by atoms with E-state index < -0.39 is 5.82 Å². The minimum atomic E-state index is -0.597. The third-order valence-corrected chi connectivity index (χ3v) is 9.74. The second-order valence-electron chi connectivity index (χ2n) is 11.3. The number of likely N-dealkylation sites (N-methyl/N-ethyl adjacent to an activating group) is 1. The maximum atomic E-state index is 16.9. The van der Waals surface area contributed by atoms with Crippen LogP contribution in [-0.2, 0) is 6.42 Å². The summed E-state index contributed by atoms with van der Waals surface area (Å²) in [5, 5.41) is 24.7. The van der Waals surface area contributed by atoms with E-state index in [-0.39, 0.29) is 51.3 Å². The van der Waals surface area contributed by atoms with Gasteiger partial charge in [-0.25, -0.2) is 14.4 Å². The Hall–Kier alpha value is -3.16. The van der Waals surface area contributed by atoms with E-state index in [0.29, 0.717) is 34.8 Å². The Morgan fingerprint density at radius 3 is 2.70 bits per heavy atom. The average molecular weight is 580 g/mol. The maximum absolute atomic E-state index is 16.9. The third kappa shape index (κ3) is 3.70. The van der Waals surface area contributed by atoms with Crippen LogP contribution in [0.25, 0.3) is 33.1 Å². The molecule has 1 saturated carbocycles. The van der Waals surface area contributed by atoms with Crippen LogP contribution in [-0.4, -0.2) is 70.4 Å². The summed E-state index contributed by atoms with van der Waals surface area (Å²) >= 11 is 12.9. The van der Waals surface area contributed by atoms with Crippen LogP contribution in [0.3, 0.4) is 0 Å². The van der Waals surface area contributed by atoms with Crippen LogP contribution in [0.15, 0.2) is 24.5 Å². The van der Waals surface area contributed by atoms with Crippen molar-refractivity contribution in [3.8, 4) is 22.9 Å². The van der Waals surface area contributed by atoms with E-state index in [9.17, 15) is 10.4 Å². The highest BCUT2D eigenvalue weighted by atomic mass is 35.5. The SMILES string of the molecule is CN(C)C1CN(c2nc3c(F)c(-c4c(O)ccc(Cl)c4Cl)c(CCC#N)cc3c3c2ncn3C2C3CNC2C3)C1. The number of anilines is 1. The Morgan fingerprint density at radius 1 is 1.23 bits per heavy atom. The molecule has 4 aliphatic rings. The van der Waals surface area contributed by atoms with E-state index in [1.165, 1.54) is 12.1 Å². The van der Waals surface area contributed by atoms with Gasteiger partial charge in [-0.15, -0.1) is 0 Å². The lowest BCUT2D eigenvalue weighted by atomic mass is 9.80. The number of imidazole rings is 1. The molecule has 3 saturated heterocycles. The van der Waals surface area contributed by atoms with Crippen LogP contribution in [0.2, 0.25) is 10.0 Å². The molecule has 2 bridgehead atoms. The summed E-state index contributed by atoms with van der Waals surface area (Å²) in [6, 6.07) is 7.91. The van der Waals surface area contributed by atoms with E-state index in [0.717, 1.165) is 37.1 Å². The summed E-state index contributed by atoms with van der Waals surface area (Å²) in [7, 11) is 4.10. The predicted molar refractivity (Wildman–Crippen MR) is 155 cm³/mol. The number of hydrogen-bond acceptors (Lipinski definition) is 7. The Morgan fingerprint density at radius 2 is 2.02 bits per heavy atom. The Balaban J connectivity index is 1.52. The molecule has 206 valence electrons. The van der Waals surface area contributed by atoms with E-state index >= 15 is 4.39 Å². The molecule has 1 aliphatic carbocycles. The van der Waals surface area contributed by atoms with Gasteiger partial charge >= 0.3 is 0 Å². The molecule has 4 aromatic rings. The number of nitriles is 1. The third-order valence-electron chi connectivity index (χ3n) is 8.94. The van der Waals surface area contributed by atoms with Crippen LogP contribution in [0.4, 0.5) is 10.2 Å². The first kappa shape index (κ1) is 25.8. The molecule has 0 radical (unpaired) electrons.